The van der Waals surface area contributed by atoms with Crippen LogP contribution in [0.3, 0.4) is 0 Å². The number of anilines is 3. The lowest BCUT2D eigenvalue weighted by atomic mass is 10.1. The van der Waals surface area contributed by atoms with Gasteiger partial charge in [-0.1, -0.05) is 12.1 Å². The van der Waals surface area contributed by atoms with Gasteiger partial charge < -0.3 is 24.6 Å². The zero-order valence-corrected chi connectivity index (χ0v) is 21.1. The van der Waals surface area contributed by atoms with Crippen LogP contribution in [0.2, 0.25) is 0 Å². The standard InChI is InChI=1S/C27H27N5O3S/c1-31-11-13-32(14-12-31)18-7-8-20(23(16-18)34-2)28-27-29-25(19-10-15-36-26(19)30-27)35-22-5-3-4-17-6-9-21(33)24(17)22/h3-5,7-8,10,15-16H,6,9,11-14H2,1-2H3,(H,28,29,30). The number of nitrogens with zero attached hydrogens (tertiary/aromatic N) is 4. The summed E-state index contributed by atoms with van der Waals surface area (Å²) in [5.74, 6) is 2.20. The summed E-state index contributed by atoms with van der Waals surface area (Å²) in [5, 5.41) is 6.09. The summed E-state index contributed by atoms with van der Waals surface area (Å²) < 4.78 is 12.0. The zero-order valence-electron chi connectivity index (χ0n) is 20.3. The van der Waals surface area contributed by atoms with Gasteiger partial charge in [-0.05, 0) is 48.7 Å². The van der Waals surface area contributed by atoms with E-state index in [-0.39, 0.29) is 5.78 Å². The number of methoxy groups -OCH3 is 1. The summed E-state index contributed by atoms with van der Waals surface area (Å²) in [7, 11) is 3.81. The van der Waals surface area contributed by atoms with Gasteiger partial charge in [0.15, 0.2) is 5.78 Å². The number of fused-ring (bicyclic) bond motifs is 2. The Morgan fingerprint density at radius 3 is 2.69 bits per heavy atom. The Kier molecular flexibility index (Phi) is 5.94. The third-order valence-corrected chi connectivity index (χ3v) is 7.62. The highest BCUT2D eigenvalue weighted by molar-refractivity contribution is 7.16. The number of hydrogen-bond donors (Lipinski definition) is 1. The Labute approximate surface area is 213 Å². The van der Waals surface area contributed by atoms with Crippen molar-refractivity contribution in [1.29, 1.82) is 0 Å². The van der Waals surface area contributed by atoms with Crippen molar-refractivity contribution in [2.75, 3.05) is 50.6 Å². The molecule has 0 spiro atoms. The van der Waals surface area contributed by atoms with Crippen molar-refractivity contribution in [3.05, 3.63) is 59.0 Å². The molecule has 1 fully saturated rings. The quantitative estimate of drug-likeness (QED) is 0.390. The minimum absolute atomic E-state index is 0.111. The van der Waals surface area contributed by atoms with Crippen LogP contribution in [0, 0.1) is 0 Å². The molecule has 0 atom stereocenters. The summed E-state index contributed by atoms with van der Waals surface area (Å²) in [5.41, 5.74) is 3.59. The van der Waals surface area contributed by atoms with Gasteiger partial charge in [0.05, 0.1) is 23.7 Å². The largest absolute Gasteiger partial charge is 0.494 e. The van der Waals surface area contributed by atoms with Gasteiger partial charge in [0.1, 0.15) is 16.3 Å². The molecule has 0 bridgehead atoms. The second-order valence-electron chi connectivity index (χ2n) is 9.11. The molecule has 0 radical (unpaired) electrons. The molecule has 4 aromatic rings. The first-order valence-electron chi connectivity index (χ1n) is 12.1. The van der Waals surface area contributed by atoms with E-state index in [1.54, 1.807) is 7.11 Å². The fraction of sp³-hybridized carbons (Fsp3) is 0.296. The first kappa shape index (κ1) is 22.8. The van der Waals surface area contributed by atoms with Gasteiger partial charge in [-0.25, -0.2) is 4.98 Å². The fourth-order valence-electron chi connectivity index (χ4n) is 4.79. The maximum atomic E-state index is 12.5. The number of likely N-dealkylation sites (N-methyl/N-ethyl adjacent to an activating group) is 1. The number of carbonyl (C=O) groups is 1. The first-order chi connectivity index (χ1) is 17.6. The molecule has 9 heteroatoms. The van der Waals surface area contributed by atoms with Gasteiger partial charge in [-0.15, -0.1) is 11.3 Å². The molecule has 1 aliphatic carbocycles. The maximum Gasteiger partial charge on any atom is 0.232 e. The van der Waals surface area contributed by atoms with Gasteiger partial charge in [0.25, 0.3) is 0 Å². The lowest BCUT2D eigenvalue weighted by Gasteiger charge is -2.34. The van der Waals surface area contributed by atoms with E-state index in [0.29, 0.717) is 29.6 Å². The number of Topliss-reactive ketones (excluding diaryl/α,β-unsaturated/α-hetero) is 1. The van der Waals surface area contributed by atoms with Crippen LogP contribution in [-0.2, 0) is 6.42 Å². The Balaban J connectivity index is 1.31. The van der Waals surface area contributed by atoms with Crippen molar-refractivity contribution < 1.29 is 14.3 Å². The Morgan fingerprint density at radius 1 is 1.00 bits per heavy atom. The molecule has 1 N–H and O–H groups in total. The molecule has 8 nitrogen and oxygen atoms in total. The van der Waals surface area contributed by atoms with Crippen LogP contribution in [0.4, 0.5) is 17.3 Å². The van der Waals surface area contributed by atoms with Crippen LogP contribution in [0.15, 0.2) is 47.8 Å². The van der Waals surface area contributed by atoms with Crippen molar-refractivity contribution >= 4 is 44.7 Å². The molecule has 3 heterocycles. The van der Waals surface area contributed by atoms with Crippen molar-refractivity contribution in [1.82, 2.24) is 14.9 Å². The topological polar surface area (TPSA) is 79.8 Å². The predicted molar refractivity (Wildman–Crippen MR) is 143 cm³/mol. The molecule has 0 amide bonds. The predicted octanol–water partition coefficient (Wildman–Crippen LogP) is 5.12. The molecule has 2 aromatic heterocycles. The monoisotopic (exact) mass is 501 g/mol. The number of rotatable bonds is 6. The molecular formula is C27H27N5O3S. The Morgan fingerprint density at radius 2 is 1.86 bits per heavy atom. The smallest absolute Gasteiger partial charge is 0.232 e. The van der Waals surface area contributed by atoms with E-state index in [1.807, 2.05) is 41.8 Å². The zero-order chi connectivity index (χ0) is 24.6. The number of hydrogen-bond acceptors (Lipinski definition) is 9. The lowest BCUT2D eigenvalue weighted by Crippen LogP contribution is -2.44. The normalized spacial score (nSPS) is 15.8. The number of benzene rings is 2. The maximum absolute atomic E-state index is 12.5. The summed E-state index contributed by atoms with van der Waals surface area (Å²) in [6, 6.07) is 13.8. The molecule has 6 rings (SSSR count). The minimum atomic E-state index is 0.111. The first-order valence-corrected chi connectivity index (χ1v) is 12.9. The SMILES string of the molecule is COc1cc(N2CCN(C)CC2)ccc1Nc1nc(Oc2cccc3c2C(=O)CC3)c2ccsc2n1. The van der Waals surface area contributed by atoms with E-state index >= 15 is 0 Å². The number of ether oxygens (including phenoxy) is 2. The van der Waals surface area contributed by atoms with Crippen LogP contribution in [0.1, 0.15) is 22.3 Å². The average molecular weight is 502 g/mol. The van der Waals surface area contributed by atoms with E-state index < -0.39 is 0 Å². The molecule has 0 saturated carbocycles. The number of piperazine rings is 1. The third-order valence-electron chi connectivity index (χ3n) is 6.81. The van der Waals surface area contributed by atoms with Crippen LogP contribution in [-0.4, -0.2) is 61.0 Å². The minimum Gasteiger partial charge on any atom is -0.494 e. The van der Waals surface area contributed by atoms with Crippen molar-refractivity contribution in [2.45, 2.75) is 12.8 Å². The number of aryl methyl sites for hydroxylation is 1. The molecule has 184 valence electrons. The number of nitrogens with one attached hydrogen (secondary N) is 1. The summed E-state index contributed by atoms with van der Waals surface area (Å²) >= 11 is 1.51. The molecule has 2 aliphatic rings. The molecule has 1 aliphatic heterocycles. The summed E-state index contributed by atoms with van der Waals surface area (Å²) in [6.45, 7) is 4.04. The van der Waals surface area contributed by atoms with Crippen molar-refractivity contribution in [3.63, 3.8) is 0 Å². The van der Waals surface area contributed by atoms with E-state index in [1.165, 1.54) is 11.3 Å². The van der Waals surface area contributed by atoms with Crippen molar-refractivity contribution in [3.8, 4) is 17.4 Å². The number of thiophene rings is 1. The van der Waals surface area contributed by atoms with Crippen LogP contribution >= 0.6 is 11.3 Å². The molecule has 0 unspecified atom stereocenters. The van der Waals surface area contributed by atoms with E-state index in [4.69, 9.17) is 14.5 Å². The van der Waals surface area contributed by atoms with E-state index in [0.717, 1.165) is 65.5 Å². The molecule has 2 aromatic carbocycles. The van der Waals surface area contributed by atoms with Gasteiger partial charge in [0.2, 0.25) is 11.8 Å². The van der Waals surface area contributed by atoms with Crippen LogP contribution < -0.4 is 19.7 Å². The Hall–Kier alpha value is -3.69. The molecule has 1 saturated heterocycles. The van der Waals surface area contributed by atoms with Gasteiger partial charge >= 0.3 is 0 Å². The highest BCUT2D eigenvalue weighted by atomic mass is 32.1. The third kappa shape index (κ3) is 4.25. The highest BCUT2D eigenvalue weighted by Gasteiger charge is 2.25. The number of carbonyl (C=O) groups excluding carboxylic acids is 1. The van der Waals surface area contributed by atoms with Gasteiger partial charge in [-0.2, -0.15) is 4.98 Å². The van der Waals surface area contributed by atoms with Gasteiger partial charge in [-0.3, -0.25) is 4.79 Å². The highest BCUT2D eigenvalue weighted by Crippen LogP contribution is 2.38. The fourth-order valence-corrected chi connectivity index (χ4v) is 5.55. The van der Waals surface area contributed by atoms with E-state index in [9.17, 15) is 4.79 Å². The number of aromatic nitrogens is 2. The molecule has 36 heavy (non-hydrogen) atoms. The van der Waals surface area contributed by atoms with Crippen LogP contribution in [0.5, 0.6) is 17.4 Å². The second-order valence-corrected chi connectivity index (χ2v) is 10.0. The summed E-state index contributed by atoms with van der Waals surface area (Å²) in [4.78, 5) is 27.4. The Bertz CT molecular complexity index is 1440. The number of ketones is 1. The molecular weight excluding hydrogens is 474 g/mol. The van der Waals surface area contributed by atoms with E-state index in [2.05, 4.69) is 33.2 Å². The van der Waals surface area contributed by atoms with Crippen LogP contribution in [0.25, 0.3) is 10.2 Å². The summed E-state index contributed by atoms with van der Waals surface area (Å²) in [6.07, 6.45) is 1.27. The average Bonchev–Trinajstić information content (AvgIpc) is 3.52. The van der Waals surface area contributed by atoms with Crippen molar-refractivity contribution in [2.24, 2.45) is 0 Å². The van der Waals surface area contributed by atoms with Gasteiger partial charge in [0, 0.05) is 44.4 Å². The second kappa shape index (κ2) is 9.40. The lowest BCUT2D eigenvalue weighted by molar-refractivity contribution is 0.0992.